The number of hydrogen-bond donors (Lipinski definition) is 0. The van der Waals surface area contributed by atoms with E-state index in [9.17, 15) is 0 Å². The predicted octanol–water partition coefficient (Wildman–Crippen LogP) is -8.65. The standard InChI is InChI=1S/Gd.3Na.3H/q;3*+1;3*-1. The molecule has 0 aliphatic carbocycles. The zero-order valence-electron chi connectivity index (χ0n) is 6.35. The van der Waals surface area contributed by atoms with Crippen molar-refractivity contribution in [3.8, 4) is 0 Å². The van der Waals surface area contributed by atoms with E-state index in [-0.39, 0.29) is 133 Å². The van der Waals surface area contributed by atoms with Crippen LogP contribution in [0.2, 0.25) is 0 Å². The Labute approximate surface area is 129 Å². The first-order valence-electron chi connectivity index (χ1n) is 0. The van der Waals surface area contributed by atoms with Crippen molar-refractivity contribution in [3.63, 3.8) is 0 Å². The number of rotatable bonds is 0. The molecule has 0 nitrogen and oxygen atoms in total. The van der Waals surface area contributed by atoms with Crippen LogP contribution in [0.25, 0.3) is 0 Å². The van der Waals surface area contributed by atoms with Crippen LogP contribution in [0.5, 0.6) is 0 Å². The average Bonchev–Trinajstić information content (AvgIpc) is 0. The van der Waals surface area contributed by atoms with Gasteiger partial charge in [-0.15, -0.1) is 0 Å². The molecule has 0 aliphatic heterocycles. The quantitative estimate of drug-likeness (QED) is 0.362. The van der Waals surface area contributed by atoms with Gasteiger partial charge in [0.25, 0.3) is 0 Å². The summed E-state index contributed by atoms with van der Waals surface area (Å²) in [6, 6.07) is 0. The summed E-state index contributed by atoms with van der Waals surface area (Å²) in [7, 11) is 0. The van der Waals surface area contributed by atoms with Gasteiger partial charge in [0.2, 0.25) is 0 Å². The molecule has 0 radical (unpaired) electrons. The van der Waals surface area contributed by atoms with E-state index in [1.807, 2.05) is 0 Å². The molecule has 0 aromatic carbocycles. The molecule has 14 valence electrons. The van der Waals surface area contributed by atoms with Crippen LogP contribution in [0.4, 0.5) is 0 Å². The monoisotopic (exact) mass is 230 g/mol. The van der Waals surface area contributed by atoms with E-state index in [1.54, 1.807) is 0 Å². The Kier molecular flexibility index (Phi) is 93.5. The Balaban J connectivity index is 0. The topological polar surface area (TPSA) is 0 Å². The zero-order chi connectivity index (χ0) is 0. The van der Waals surface area contributed by atoms with E-state index in [0.717, 1.165) is 0 Å². The normalized spacial score (nSPS) is 0. The minimum Gasteiger partial charge on any atom is -1.00 e. The maximum absolute atomic E-state index is 0. The van der Waals surface area contributed by atoms with Crippen LogP contribution in [0.1, 0.15) is 4.28 Å². The summed E-state index contributed by atoms with van der Waals surface area (Å²) in [4.78, 5) is 0. The molecule has 0 aromatic heterocycles. The van der Waals surface area contributed by atoms with Crippen molar-refractivity contribution >= 4 is 0 Å². The molecule has 0 aliphatic rings. The second-order valence-corrected chi connectivity index (χ2v) is 0. The fraction of sp³-hybridized carbons (Fsp3) is 0. The summed E-state index contributed by atoms with van der Waals surface area (Å²) in [5.41, 5.74) is 0. The minimum atomic E-state index is 0. The fourth-order valence-electron chi connectivity index (χ4n) is 0. The van der Waals surface area contributed by atoms with Gasteiger partial charge in [-0.3, -0.25) is 0 Å². The van der Waals surface area contributed by atoms with Crippen molar-refractivity contribution in [2.45, 2.75) is 0 Å². The SMILES string of the molecule is [Gd].[H-].[H-].[H-].[Na+].[Na+].[Na+]. The van der Waals surface area contributed by atoms with Crippen molar-refractivity contribution in [2.75, 3.05) is 0 Å². The van der Waals surface area contributed by atoms with E-state index < -0.39 is 0 Å². The molecule has 0 bridgehead atoms. The molecular weight excluding hydrogens is 226 g/mol. The van der Waals surface area contributed by atoms with Gasteiger partial charge in [-0.05, 0) is 0 Å². The summed E-state index contributed by atoms with van der Waals surface area (Å²) in [6.07, 6.45) is 0. The third-order valence-corrected chi connectivity index (χ3v) is 0. The van der Waals surface area contributed by atoms with Gasteiger partial charge in [0.15, 0.2) is 0 Å². The Morgan fingerprint density at radius 2 is 0.750 bits per heavy atom. The van der Waals surface area contributed by atoms with Gasteiger partial charge < -0.3 is 4.28 Å². The summed E-state index contributed by atoms with van der Waals surface area (Å²) >= 11 is 0. The Morgan fingerprint density at radius 3 is 0.750 bits per heavy atom. The van der Waals surface area contributed by atoms with E-state index in [2.05, 4.69) is 0 Å². The molecular formula is H3GdNa3. The Bertz CT molecular complexity index is 10.1. The van der Waals surface area contributed by atoms with Crippen molar-refractivity contribution < 1.29 is 133 Å². The van der Waals surface area contributed by atoms with Crippen LogP contribution in [-0.2, 0) is 0 Å². The van der Waals surface area contributed by atoms with Crippen LogP contribution in [0.15, 0.2) is 0 Å². The van der Waals surface area contributed by atoms with Gasteiger partial charge in [0.05, 0.1) is 0 Å². The van der Waals surface area contributed by atoms with Crippen LogP contribution >= 0.6 is 0 Å². The van der Waals surface area contributed by atoms with Crippen LogP contribution < -0.4 is 88.7 Å². The van der Waals surface area contributed by atoms with E-state index in [4.69, 9.17) is 0 Å². The predicted molar refractivity (Wildman–Crippen MR) is 3.34 cm³/mol. The third kappa shape index (κ3) is 9.59. The van der Waals surface area contributed by atoms with E-state index >= 15 is 0 Å². The number of hydrogen-bond acceptors (Lipinski definition) is 0. The van der Waals surface area contributed by atoms with Crippen molar-refractivity contribution in [1.29, 1.82) is 0 Å². The molecule has 0 N–H and O–H groups in total. The maximum atomic E-state index is 0. The molecule has 0 saturated heterocycles. The van der Waals surface area contributed by atoms with Gasteiger partial charge in [-0.1, -0.05) is 0 Å². The molecule has 0 rings (SSSR count). The summed E-state index contributed by atoms with van der Waals surface area (Å²) < 4.78 is 0. The van der Waals surface area contributed by atoms with Gasteiger partial charge in [-0.25, -0.2) is 0 Å². The largest absolute Gasteiger partial charge is 1.00 e. The van der Waals surface area contributed by atoms with Crippen LogP contribution in [0, 0.1) is 39.9 Å². The first-order valence-corrected chi connectivity index (χ1v) is 0. The fourth-order valence-corrected chi connectivity index (χ4v) is 0. The molecule has 4 heavy (non-hydrogen) atoms. The van der Waals surface area contributed by atoms with Gasteiger partial charge in [0, 0.05) is 39.9 Å². The first-order chi connectivity index (χ1) is 0. The molecule has 0 heterocycles. The second-order valence-electron chi connectivity index (χ2n) is 0. The molecule has 4 heteroatoms. The van der Waals surface area contributed by atoms with Gasteiger partial charge in [0.1, 0.15) is 0 Å². The molecule has 0 atom stereocenters. The zero-order valence-corrected chi connectivity index (χ0v) is 11.6. The minimum absolute atomic E-state index is 0. The van der Waals surface area contributed by atoms with Crippen LogP contribution in [-0.4, -0.2) is 0 Å². The van der Waals surface area contributed by atoms with Gasteiger partial charge >= 0.3 is 88.7 Å². The molecule has 0 amide bonds. The second kappa shape index (κ2) is 15.7. The molecule has 0 saturated carbocycles. The smallest absolute Gasteiger partial charge is 1.00 e. The average molecular weight is 229 g/mol. The van der Waals surface area contributed by atoms with E-state index in [0.29, 0.717) is 0 Å². The third-order valence-electron chi connectivity index (χ3n) is 0. The molecule has 0 spiro atoms. The van der Waals surface area contributed by atoms with Crippen molar-refractivity contribution in [2.24, 2.45) is 0 Å². The Hall–Kier alpha value is 4.32. The molecule has 0 fully saturated rings. The summed E-state index contributed by atoms with van der Waals surface area (Å²) in [5, 5.41) is 0. The first kappa shape index (κ1) is 23.9. The summed E-state index contributed by atoms with van der Waals surface area (Å²) in [6.45, 7) is 0. The van der Waals surface area contributed by atoms with Gasteiger partial charge in [-0.2, -0.15) is 0 Å². The van der Waals surface area contributed by atoms with Crippen molar-refractivity contribution in [3.05, 3.63) is 0 Å². The maximum Gasteiger partial charge on any atom is 1.00 e. The van der Waals surface area contributed by atoms with E-state index in [1.165, 1.54) is 0 Å². The Morgan fingerprint density at radius 1 is 0.750 bits per heavy atom. The van der Waals surface area contributed by atoms with Crippen molar-refractivity contribution in [1.82, 2.24) is 0 Å². The molecule has 0 aromatic rings. The summed E-state index contributed by atoms with van der Waals surface area (Å²) in [5.74, 6) is 0. The molecule has 0 unspecified atom stereocenters. The van der Waals surface area contributed by atoms with Crippen LogP contribution in [0.3, 0.4) is 0 Å².